The Bertz CT molecular complexity index is 1260. The molecule has 0 bridgehead atoms. The molecule has 2 N–H and O–H groups in total. The molecule has 0 aliphatic carbocycles. The molecule has 3 aromatic rings. The molecule has 1 aromatic heterocycles. The van der Waals surface area contributed by atoms with E-state index in [9.17, 15) is 15.0 Å². The lowest BCUT2D eigenvalue weighted by atomic mass is 9.86. The van der Waals surface area contributed by atoms with Crippen molar-refractivity contribution in [1.29, 1.82) is 0 Å². The van der Waals surface area contributed by atoms with Gasteiger partial charge in [-0.25, -0.2) is 14.4 Å². The predicted molar refractivity (Wildman–Crippen MR) is 131 cm³/mol. The number of aromatic nitrogens is 2. The summed E-state index contributed by atoms with van der Waals surface area (Å²) in [4.78, 5) is 24.8. The largest absolute Gasteiger partial charge is 0.384 e. The number of fused-ring (bicyclic) bond motifs is 1. The van der Waals surface area contributed by atoms with Gasteiger partial charge < -0.3 is 15.1 Å². The van der Waals surface area contributed by atoms with Crippen molar-refractivity contribution in [3.63, 3.8) is 0 Å². The van der Waals surface area contributed by atoms with Crippen LogP contribution in [0.3, 0.4) is 0 Å². The molecule has 0 saturated heterocycles. The number of rotatable bonds is 7. The van der Waals surface area contributed by atoms with Gasteiger partial charge in [0.05, 0.1) is 22.7 Å². The molecule has 1 aliphatic rings. The number of hydrogen-bond donors (Lipinski definition) is 2. The van der Waals surface area contributed by atoms with Gasteiger partial charge >= 0.3 is 0 Å². The van der Waals surface area contributed by atoms with Gasteiger partial charge in [0.2, 0.25) is 0 Å². The van der Waals surface area contributed by atoms with Crippen LogP contribution >= 0.6 is 23.2 Å². The second-order valence-corrected chi connectivity index (χ2v) is 9.76. The molecule has 0 radical (unpaired) electrons. The van der Waals surface area contributed by atoms with Crippen LogP contribution in [-0.2, 0) is 17.9 Å². The third kappa shape index (κ3) is 4.52. The molecule has 4 rings (SSSR count). The Morgan fingerprint density at radius 2 is 1.74 bits per heavy atom. The SMILES string of the molecule is CCC(O)(CN(C)C)c1cc(F)c2c(c1)C(=O)N(Cc1ncc(Cl)cn1)[C@@]2(O)c1ccc(Cl)cc1. The van der Waals surface area contributed by atoms with E-state index in [1.165, 1.54) is 36.7 Å². The fourth-order valence-corrected chi connectivity index (χ4v) is 4.71. The van der Waals surface area contributed by atoms with Crippen LogP contribution in [0, 0.1) is 5.82 Å². The Labute approximate surface area is 212 Å². The molecule has 1 aliphatic heterocycles. The molecular weight excluding hydrogens is 494 g/mol. The van der Waals surface area contributed by atoms with E-state index in [0.29, 0.717) is 16.5 Å². The van der Waals surface area contributed by atoms with Gasteiger partial charge in [0.1, 0.15) is 17.2 Å². The average Bonchev–Trinajstić information content (AvgIpc) is 3.03. The molecular formula is C25H25Cl2FN4O3. The molecule has 0 saturated carbocycles. The molecule has 0 fully saturated rings. The van der Waals surface area contributed by atoms with Crippen molar-refractivity contribution in [2.45, 2.75) is 31.2 Å². The van der Waals surface area contributed by atoms with E-state index in [0.717, 1.165) is 4.90 Å². The summed E-state index contributed by atoms with van der Waals surface area (Å²) in [6.45, 7) is 1.79. The third-order valence-corrected chi connectivity index (χ3v) is 6.67. The maximum Gasteiger partial charge on any atom is 0.257 e. The van der Waals surface area contributed by atoms with Crippen molar-refractivity contribution in [1.82, 2.24) is 19.8 Å². The topological polar surface area (TPSA) is 89.8 Å². The molecule has 10 heteroatoms. The van der Waals surface area contributed by atoms with E-state index in [4.69, 9.17) is 23.2 Å². The van der Waals surface area contributed by atoms with Crippen molar-refractivity contribution in [2.24, 2.45) is 0 Å². The van der Waals surface area contributed by atoms with Crippen LogP contribution in [0.2, 0.25) is 10.0 Å². The molecule has 1 amide bonds. The number of hydrogen-bond acceptors (Lipinski definition) is 6. The molecule has 2 heterocycles. The first-order chi connectivity index (χ1) is 16.5. The van der Waals surface area contributed by atoms with Crippen LogP contribution in [-0.4, -0.2) is 56.5 Å². The Morgan fingerprint density at radius 1 is 1.11 bits per heavy atom. The Kier molecular flexibility index (Phi) is 6.87. The summed E-state index contributed by atoms with van der Waals surface area (Å²) in [6, 6.07) is 8.80. The molecule has 35 heavy (non-hydrogen) atoms. The van der Waals surface area contributed by atoms with E-state index in [1.54, 1.807) is 38.1 Å². The highest BCUT2D eigenvalue weighted by molar-refractivity contribution is 6.30. The van der Waals surface area contributed by atoms with Crippen LogP contribution in [0.25, 0.3) is 0 Å². The molecule has 1 unspecified atom stereocenters. The number of halogens is 3. The van der Waals surface area contributed by atoms with Gasteiger partial charge in [0.25, 0.3) is 5.91 Å². The normalized spacial score (nSPS) is 19.2. The fraction of sp³-hybridized carbons (Fsp3) is 0.320. The monoisotopic (exact) mass is 518 g/mol. The van der Waals surface area contributed by atoms with E-state index < -0.39 is 23.1 Å². The van der Waals surface area contributed by atoms with E-state index in [2.05, 4.69) is 9.97 Å². The Morgan fingerprint density at radius 3 is 2.31 bits per heavy atom. The zero-order valence-corrected chi connectivity index (χ0v) is 21.0. The zero-order valence-electron chi connectivity index (χ0n) is 19.5. The zero-order chi connectivity index (χ0) is 25.5. The molecule has 7 nitrogen and oxygen atoms in total. The summed E-state index contributed by atoms with van der Waals surface area (Å²) >= 11 is 11.9. The highest BCUT2D eigenvalue weighted by Gasteiger charge is 2.52. The number of likely N-dealkylation sites (N-methyl/N-ethyl adjacent to an activating group) is 1. The van der Waals surface area contributed by atoms with Crippen molar-refractivity contribution < 1.29 is 19.4 Å². The first-order valence-corrected chi connectivity index (χ1v) is 11.7. The number of amides is 1. The van der Waals surface area contributed by atoms with E-state index in [-0.39, 0.29) is 41.2 Å². The van der Waals surface area contributed by atoms with Crippen LogP contribution in [0.15, 0.2) is 48.8 Å². The first-order valence-electron chi connectivity index (χ1n) is 11.0. The lowest BCUT2D eigenvalue weighted by molar-refractivity contribution is -0.0573. The summed E-state index contributed by atoms with van der Waals surface area (Å²) in [5.74, 6) is -1.23. The number of aliphatic hydroxyl groups is 2. The lowest BCUT2D eigenvalue weighted by Crippen LogP contribution is -2.44. The van der Waals surface area contributed by atoms with Crippen LogP contribution in [0.4, 0.5) is 4.39 Å². The maximum atomic E-state index is 15.8. The standard InChI is InChI=1S/C25H25Cl2FN4O3/c1-4-24(34,14-31(2)3)16-9-19-22(20(28)10-16)25(35,15-5-7-17(26)8-6-15)32(23(19)33)13-21-29-11-18(27)12-30-21/h5-12,34-35H,4,13-14H2,1-3H3/t24?,25-/m1/s1. The summed E-state index contributed by atoms with van der Waals surface area (Å²) < 4.78 is 15.8. The third-order valence-electron chi connectivity index (χ3n) is 6.23. The fourth-order valence-electron chi connectivity index (χ4n) is 4.49. The quantitative estimate of drug-likeness (QED) is 0.492. The second kappa shape index (κ2) is 9.44. The van der Waals surface area contributed by atoms with Gasteiger partial charge in [0.15, 0.2) is 5.72 Å². The molecule has 2 atom stereocenters. The number of carbonyl (C=O) groups excluding carboxylic acids is 1. The van der Waals surface area contributed by atoms with E-state index >= 15 is 4.39 Å². The smallest absolute Gasteiger partial charge is 0.257 e. The van der Waals surface area contributed by atoms with Crippen molar-refractivity contribution in [2.75, 3.05) is 20.6 Å². The molecule has 0 spiro atoms. The van der Waals surface area contributed by atoms with Gasteiger partial charge in [-0.05, 0) is 50.3 Å². The van der Waals surface area contributed by atoms with Crippen molar-refractivity contribution >= 4 is 29.1 Å². The second-order valence-electron chi connectivity index (χ2n) is 8.89. The van der Waals surface area contributed by atoms with E-state index in [1.807, 2.05) is 0 Å². The van der Waals surface area contributed by atoms with Gasteiger partial charge in [-0.1, -0.05) is 42.3 Å². The summed E-state index contributed by atoms with van der Waals surface area (Å²) in [5.41, 5.74) is -3.31. The number of nitrogens with zero attached hydrogens (tertiary/aromatic N) is 4. The number of benzene rings is 2. The summed E-state index contributed by atoms with van der Waals surface area (Å²) in [5, 5.41) is 24.0. The summed E-state index contributed by atoms with van der Waals surface area (Å²) in [6.07, 6.45) is 3.04. The van der Waals surface area contributed by atoms with Gasteiger partial charge in [0, 0.05) is 29.5 Å². The van der Waals surface area contributed by atoms with Gasteiger partial charge in [-0.15, -0.1) is 0 Å². The van der Waals surface area contributed by atoms with Crippen molar-refractivity contribution in [3.8, 4) is 0 Å². The highest BCUT2D eigenvalue weighted by atomic mass is 35.5. The van der Waals surface area contributed by atoms with Crippen LogP contribution in [0.5, 0.6) is 0 Å². The minimum absolute atomic E-state index is 0.0444. The Balaban J connectivity index is 1.90. The minimum Gasteiger partial charge on any atom is -0.384 e. The minimum atomic E-state index is -2.16. The first kappa shape index (κ1) is 25.5. The highest BCUT2D eigenvalue weighted by Crippen LogP contribution is 2.46. The van der Waals surface area contributed by atoms with Crippen LogP contribution in [0.1, 0.15) is 46.2 Å². The van der Waals surface area contributed by atoms with Crippen LogP contribution < -0.4 is 0 Å². The summed E-state index contributed by atoms with van der Waals surface area (Å²) in [7, 11) is 3.59. The maximum absolute atomic E-state index is 15.8. The predicted octanol–water partition coefficient (Wildman–Crippen LogP) is 3.93. The Hall–Kier alpha value is -2.62. The lowest BCUT2D eigenvalue weighted by Gasteiger charge is -2.35. The van der Waals surface area contributed by atoms with Crippen molar-refractivity contribution in [3.05, 3.63) is 92.7 Å². The number of carbonyl (C=O) groups is 1. The average molecular weight is 519 g/mol. The van der Waals surface area contributed by atoms with Gasteiger partial charge in [-0.3, -0.25) is 9.69 Å². The van der Waals surface area contributed by atoms with Gasteiger partial charge in [-0.2, -0.15) is 0 Å². The molecule has 2 aromatic carbocycles. The molecule has 184 valence electrons.